The summed E-state index contributed by atoms with van der Waals surface area (Å²) in [6, 6.07) is 5.85. The molecule has 1 fully saturated rings. The van der Waals surface area contributed by atoms with E-state index in [0.29, 0.717) is 19.7 Å². The van der Waals surface area contributed by atoms with E-state index in [0.717, 1.165) is 16.8 Å². The summed E-state index contributed by atoms with van der Waals surface area (Å²) < 4.78 is 10.5. The first kappa shape index (κ1) is 13.8. The third kappa shape index (κ3) is 3.24. The fourth-order valence-electron chi connectivity index (χ4n) is 2.14. The number of para-hydroxylation sites is 1. The first-order chi connectivity index (χ1) is 9.11. The number of aryl methyl sites for hydroxylation is 2. The second-order valence-corrected chi connectivity index (χ2v) is 4.68. The van der Waals surface area contributed by atoms with E-state index in [1.54, 1.807) is 12.0 Å². The third-order valence-electron chi connectivity index (χ3n) is 3.30. The monoisotopic (exact) mass is 264 g/mol. The molecule has 0 unspecified atom stereocenters. The molecule has 5 heteroatoms. The van der Waals surface area contributed by atoms with Crippen molar-refractivity contribution in [2.24, 2.45) is 0 Å². The summed E-state index contributed by atoms with van der Waals surface area (Å²) in [4.78, 5) is 13.9. The number of rotatable bonds is 2. The zero-order valence-corrected chi connectivity index (χ0v) is 11.6. The van der Waals surface area contributed by atoms with Crippen LogP contribution in [0.3, 0.4) is 0 Å². The molecule has 1 heterocycles. The van der Waals surface area contributed by atoms with Gasteiger partial charge in [0.15, 0.2) is 6.29 Å². The molecule has 1 aromatic rings. The minimum Gasteiger partial charge on any atom is -0.354 e. The van der Waals surface area contributed by atoms with E-state index in [1.165, 1.54) is 0 Å². The van der Waals surface area contributed by atoms with Gasteiger partial charge in [-0.2, -0.15) is 0 Å². The van der Waals surface area contributed by atoms with Crippen LogP contribution in [-0.2, 0) is 9.47 Å². The summed E-state index contributed by atoms with van der Waals surface area (Å²) in [5.41, 5.74) is 3.00. The molecule has 1 saturated heterocycles. The molecule has 1 aliphatic rings. The lowest BCUT2D eigenvalue weighted by molar-refractivity contribution is -0.155. The molecule has 1 N–H and O–H groups in total. The number of carbonyl (C=O) groups is 1. The summed E-state index contributed by atoms with van der Waals surface area (Å²) in [6.07, 6.45) is -0.336. The second kappa shape index (κ2) is 6.04. The molecule has 1 aliphatic heterocycles. The zero-order valence-electron chi connectivity index (χ0n) is 11.6. The summed E-state index contributed by atoms with van der Waals surface area (Å²) >= 11 is 0. The van der Waals surface area contributed by atoms with Crippen LogP contribution in [-0.4, -0.2) is 44.0 Å². The Hall–Kier alpha value is -1.59. The Morgan fingerprint density at radius 2 is 2.11 bits per heavy atom. The third-order valence-corrected chi connectivity index (χ3v) is 3.30. The minimum atomic E-state index is -0.336. The molecule has 19 heavy (non-hydrogen) atoms. The predicted octanol–water partition coefficient (Wildman–Crippen LogP) is 2.14. The van der Waals surface area contributed by atoms with Crippen molar-refractivity contribution in [1.82, 2.24) is 4.90 Å². The van der Waals surface area contributed by atoms with E-state index in [2.05, 4.69) is 5.32 Å². The highest BCUT2D eigenvalue weighted by Crippen LogP contribution is 2.20. The quantitative estimate of drug-likeness (QED) is 0.890. The topological polar surface area (TPSA) is 50.8 Å². The van der Waals surface area contributed by atoms with Crippen molar-refractivity contribution in [2.75, 3.05) is 32.1 Å². The standard InChI is InChI=1S/C14H20N2O3/c1-10-5-4-6-11(2)13(10)15-14(17)16-7-8-19-12(9-16)18-3/h4-6,12H,7-9H2,1-3H3,(H,15,17)/t12-/m0/s1. The lowest BCUT2D eigenvalue weighted by Gasteiger charge is -2.32. The number of urea groups is 1. The molecule has 1 atom stereocenters. The highest BCUT2D eigenvalue weighted by atomic mass is 16.7. The molecular weight excluding hydrogens is 244 g/mol. The van der Waals surface area contributed by atoms with Crippen LogP contribution in [0.15, 0.2) is 18.2 Å². The van der Waals surface area contributed by atoms with Crippen LogP contribution in [0.4, 0.5) is 10.5 Å². The van der Waals surface area contributed by atoms with Crippen molar-refractivity contribution in [3.63, 3.8) is 0 Å². The largest absolute Gasteiger partial charge is 0.354 e. The number of methoxy groups -OCH3 is 1. The maximum Gasteiger partial charge on any atom is 0.322 e. The number of hydrogen-bond acceptors (Lipinski definition) is 3. The van der Waals surface area contributed by atoms with Gasteiger partial charge in [-0.05, 0) is 25.0 Å². The van der Waals surface area contributed by atoms with E-state index in [-0.39, 0.29) is 12.3 Å². The van der Waals surface area contributed by atoms with Gasteiger partial charge in [0.1, 0.15) is 0 Å². The first-order valence-electron chi connectivity index (χ1n) is 6.38. The van der Waals surface area contributed by atoms with E-state index in [1.807, 2.05) is 32.0 Å². The molecule has 5 nitrogen and oxygen atoms in total. The van der Waals surface area contributed by atoms with Gasteiger partial charge in [0, 0.05) is 19.3 Å². The van der Waals surface area contributed by atoms with Gasteiger partial charge in [0.25, 0.3) is 0 Å². The smallest absolute Gasteiger partial charge is 0.322 e. The Morgan fingerprint density at radius 1 is 1.42 bits per heavy atom. The maximum atomic E-state index is 12.2. The molecule has 0 bridgehead atoms. The lowest BCUT2D eigenvalue weighted by Crippen LogP contribution is -2.48. The summed E-state index contributed by atoms with van der Waals surface area (Å²) in [5, 5.41) is 2.97. The SMILES string of the molecule is CO[C@@H]1CN(C(=O)Nc2c(C)cccc2C)CCO1. The average molecular weight is 264 g/mol. The number of morpholine rings is 1. The summed E-state index contributed by atoms with van der Waals surface area (Å²) in [7, 11) is 1.58. The van der Waals surface area contributed by atoms with Crippen molar-refractivity contribution in [3.05, 3.63) is 29.3 Å². The number of hydrogen-bond donors (Lipinski definition) is 1. The molecule has 0 spiro atoms. The fourth-order valence-corrected chi connectivity index (χ4v) is 2.14. The van der Waals surface area contributed by atoms with Crippen LogP contribution in [0.25, 0.3) is 0 Å². The first-order valence-corrected chi connectivity index (χ1v) is 6.38. The van der Waals surface area contributed by atoms with Crippen molar-refractivity contribution in [3.8, 4) is 0 Å². The Bertz CT molecular complexity index is 442. The van der Waals surface area contributed by atoms with Gasteiger partial charge < -0.3 is 19.7 Å². The molecule has 0 saturated carbocycles. The number of carbonyl (C=O) groups excluding carboxylic acids is 1. The number of amides is 2. The molecule has 0 radical (unpaired) electrons. The van der Waals surface area contributed by atoms with Gasteiger partial charge in [-0.1, -0.05) is 18.2 Å². The lowest BCUT2D eigenvalue weighted by atomic mass is 10.1. The molecule has 1 aromatic carbocycles. The van der Waals surface area contributed by atoms with Crippen molar-refractivity contribution >= 4 is 11.7 Å². The molecular formula is C14H20N2O3. The van der Waals surface area contributed by atoms with Crippen molar-refractivity contribution in [1.29, 1.82) is 0 Å². The molecule has 104 valence electrons. The van der Waals surface area contributed by atoms with Crippen molar-refractivity contribution < 1.29 is 14.3 Å². The molecule has 0 aliphatic carbocycles. The second-order valence-electron chi connectivity index (χ2n) is 4.68. The van der Waals surface area contributed by atoms with Crippen LogP contribution in [0, 0.1) is 13.8 Å². The van der Waals surface area contributed by atoms with Gasteiger partial charge in [0.05, 0.1) is 13.2 Å². The summed E-state index contributed by atoms with van der Waals surface area (Å²) in [6.45, 7) is 5.50. The number of nitrogens with one attached hydrogen (secondary N) is 1. The Balaban J connectivity index is 2.04. The normalized spacial score (nSPS) is 19.3. The zero-order chi connectivity index (χ0) is 13.8. The Labute approximate surface area is 113 Å². The Kier molecular flexibility index (Phi) is 4.39. The minimum absolute atomic E-state index is 0.109. The molecule has 2 amide bonds. The summed E-state index contributed by atoms with van der Waals surface area (Å²) in [5.74, 6) is 0. The van der Waals surface area contributed by atoms with E-state index in [9.17, 15) is 4.79 Å². The number of nitrogens with zero attached hydrogens (tertiary/aromatic N) is 1. The molecule has 2 rings (SSSR count). The highest BCUT2D eigenvalue weighted by Gasteiger charge is 2.24. The fraction of sp³-hybridized carbons (Fsp3) is 0.500. The molecule has 0 aromatic heterocycles. The van der Waals surface area contributed by atoms with Gasteiger partial charge in [-0.15, -0.1) is 0 Å². The number of ether oxygens (including phenoxy) is 2. The maximum absolute atomic E-state index is 12.2. The number of anilines is 1. The van der Waals surface area contributed by atoms with Gasteiger partial charge in [0.2, 0.25) is 0 Å². The van der Waals surface area contributed by atoms with Crippen LogP contribution in [0.2, 0.25) is 0 Å². The highest BCUT2D eigenvalue weighted by molar-refractivity contribution is 5.91. The average Bonchev–Trinajstić information content (AvgIpc) is 2.43. The van der Waals surface area contributed by atoms with Gasteiger partial charge >= 0.3 is 6.03 Å². The van der Waals surface area contributed by atoms with Crippen LogP contribution in [0.1, 0.15) is 11.1 Å². The number of benzene rings is 1. The van der Waals surface area contributed by atoms with E-state index >= 15 is 0 Å². The van der Waals surface area contributed by atoms with Crippen LogP contribution in [0.5, 0.6) is 0 Å². The predicted molar refractivity (Wildman–Crippen MR) is 73.3 cm³/mol. The van der Waals surface area contributed by atoms with Crippen molar-refractivity contribution in [2.45, 2.75) is 20.1 Å². The van der Waals surface area contributed by atoms with Gasteiger partial charge in [-0.25, -0.2) is 4.79 Å². The van der Waals surface area contributed by atoms with E-state index in [4.69, 9.17) is 9.47 Å². The van der Waals surface area contributed by atoms with Crippen LogP contribution < -0.4 is 5.32 Å². The van der Waals surface area contributed by atoms with Gasteiger partial charge in [-0.3, -0.25) is 0 Å². The Morgan fingerprint density at radius 3 is 2.74 bits per heavy atom. The van der Waals surface area contributed by atoms with E-state index < -0.39 is 0 Å². The van der Waals surface area contributed by atoms with Crippen LogP contribution >= 0.6 is 0 Å².